The van der Waals surface area contributed by atoms with E-state index in [-0.39, 0.29) is 11.8 Å². The molecule has 2 aliphatic rings. The van der Waals surface area contributed by atoms with Crippen molar-refractivity contribution in [2.45, 2.75) is 5.92 Å². The Bertz CT molecular complexity index is 1800. The number of benzene rings is 2. The van der Waals surface area contributed by atoms with Crippen LogP contribution in [0.25, 0.3) is 46.4 Å². The predicted molar refractivity (Wildman–Crippen MR) is 172 cm³/mol. The molecule has 0 saturated heterocycles. The zero-order valence-corrected chi connectivity index (χ0v) is 23.5. The van der Waals surface area contributed by atoms with E-state index < -0.39 is 0 Å². The van der Waals surface area contributed by atoms with Gasteiger partial charge in [0.15, 0.2) is 0 Å². The van der Waals surface area contributed by atoms with Crippen LogP contribution in [-0.4, -0.2) is 44.8 Å². The normalized spacial score (nSPS) is 11.7. The maximum atomic E-state index is 12.4. The van der Waals surface area contributed by atoms with E-state index in [1.54, 1.807) is 19.0 Å². The van der Waals surface area contributed by atoms with Gasteiger partial charge in [0.1, 0.15) is 0 Å². The molecule has 2 aliphatic heterocycles. The highest BCUT2D eigenvalue weighted by molar-refractivity contribution is 5.86. The highest BCUT2D eigenvalue weighted by atomic mass is 16.2. The summed E-state index contributed by atoms with van der Waals surface area (Å²) in [6.45, 7) is 0. The summed E-state index contributed by atoms with van der Waals surface area (Å²) in [6.07, 6.45) is 8.05. The van der Waals surface area contributed by atoms with E-state index in [2.05, 4.69) is 50.3 Å². The minimum absolute atomic E-state index is 0.104. The number of amides is 1. The molecule has 0 radical (unpaired) electrons. The Balaban J connectivity index is 0.000000158. The fourth-order valence-electron chi connectivity index (χ4n) is 4.97. The summed E-state index contributed by atoms with van der Waals surface area (Å²) in [6, 6.07) is 36.2. The van der Waals surface area contributed by atoms with Crippen molar-refractivity contribution in [2.24, 2.45) is 0 Å². The molecule has 6 nitrogen and oxygen atoms in total. The number of carbonyl (C=O) groups excluding carboxylic acids is 1. The number of rotatable bonds is 3. The zero-order valence-electron chi connectivity index (χ0n) is 23.5. The molecule has 1 amide bonds. The number of nitrogens with one attached hydrogen (secondary N) is 2. The molecule has 8 bridgehead atoms. The molecule has 6 heteroatoms. The maximum absolute atomic E-state index is 12.4. The summed E-state index contributed by atoms with van der Waals surface area (Å²) in [5, 5.41) is 0. The number of hydrogen-bond acceptors (Lipinski definition) is 3. The first-order valence-corrected chi connectivity index (χ1v) is 13.9. The molecule has 0 fully saturated rings. The molecule has 0 unspecified atom stereocenters. The van der Waals surface area contributed by atoms with E-state index in [1.165, 1.54) is 0 Å². The zero-order chi connectivity index (χ0) is 28.9. The van der Waals surface area contributed by atoms with Crippen LogP contribution in [0.2, 0.25) is 0 Å². The maximum Gasteiger partial charge on any atom is 0.234 e. The standard InChI is InChI=1S/C20H14N4.C16H17NO/c1-2-14-10-16-5-6-18(23-16)12-20-8-7-19(24-20)11-17-4-3-15(22-17)9-13(1)21-14;1-17(2)16(18)15(13-9-5-3-6-10-13)14-11-7-4-8-12-14/h1-12,21-22H;3-12,15H,1-2H3. The van der Waals surface area contributed by atoms with Crippen LogP contribution in [-0.2, 0) is 4.79 Å². The summed E-state index contributed by atoms with van der Waals surface area (Å²) in [5.41, 5.74) is 9.92. The Morgan fingerprint density at radius 1 is 0.548 bits per heavy atom. The van der Waals surface area contributed by atoms with Crippen molar-refractivity contribution < 1.29 is 4.79 Å². The Morgan fingerprint density at radius 3 is 1.33 bits per heavy atom. The van der Waals surface area contributed by atoms with Crippen molar-refractivity contribution in [3.8, 4) is 0 Å². The molecule has 0 atom stereocenters. The lowest BCUT2D eigenvalue weighted by Gasteiger charge is -2.21. The molecule has 0 saturated carbocycles. The van der Waals surface area contributed by atoms with Crippen LogP contribution in [0.15, 0.2) is 109 Å². The molecular weight excluding hydrogens is 518 g/mol. The highest BCUT2D eigenvalue weighted by Crippen LogP contribution is 2.26. The van der Waals surface area contributed by atoms with Gasteiger partial charge >= 0.3 is 0 Å². The molecule has 0 aliphatic carbocycles. The lowest BCUT2D eigenvalue weighted by atomic mass is 9.90. The van der Waals surface area contributed by atoms with Crippen molar-refractivity contribution in [3.63, 3.8) is 0 Å². The first-order chi connectivity index (χ1) is 20.5. The van der Waals surface area contributed by atoms with Crippen LogP contribution in [0, 0.1) is 0 Å². The van der Waals surface area contributed by atoms with Crippen LogP contribution in [0.4, 0.5) is 0 Å². The third-order valence-electron chi connectivity index (χ3n) is 7.00. The van der Waals surface area contributed by atoms with Gasteiger partial charge in [0, 0.05) is 36.2 Å². The molecule has 2 aromatic carbocycles. The van der Waals surface area contributed by atoms with Crippen molar-refractivity contribution in [1.29, 1.82) is 0 Å². The summed E-state index contributed by atoms with van der Waals surface area (Å²) in [5.74, 6) is -0.116. The van der Waals surface area contributed by atoms with Gasteiger partial charge in [-0.2, -0.15) is 0 Å². The molecule has 0 spiro atoms. The average Bonchev–Trinajstić information content (AvgIpc) is 3.81. The van der Waals surface area contributed by atoms with Gasteiger partial charge in [0.05, 0.1) is 28.7 Å². The summed E-state index contributed by atoms with van der Waals surface area (Å²) in [4.78, 5) is 30.0. The molecule has 7 rings (SSSR count). The monoisotopic (exact) mass is 549 g/mol. The SMILES string of the molecule is C1=Cc2cc3ccc(cc4ccc(cc5nc(cc1n2)C=C5)[nH]4)[nH]3.CN(C)C(=O)C(c1ccccc1)c1ccccc1. The quantitative estimate of drug-likeness (QED) is 0.239. The van der Waals surface area contributed by atoms with Crippen molar-refractivity contribution in [3.05, 3.63) is 143 Å². The molecule has 42 heavy (non-hydrogen) atoms. The Kier molecular flexibility index (Phi) is 7.60. The number of carbonyl (C=O) groups is 1. The second-order valence-corrected chi connectivity index (χ2v) is 10.4. The highest BCUT2D eigenvalue weighted by Gasteiger charge is 2.23. The van der Waals surface area contributed by atoms with E-state index in [9.17, 15) is 4.79 Å². The van der Waals surface area contributed by atoms with Gasteiger partial charge in [0.25, 0.3) is 0 Å². The first-order valence-electron chi connectivity index (χ1n) is 13.9. The van der Waals surface area contributed by atoms with Crippen LogP contribution in [0.3, 0.4) is 0 Å². The molecule has 5 aromatic rings. The molecule has 2 N–H and O–H groups in total. The van der Waals surface area contributed by atoms with Gasteiger partial charge in [-0.25, -0.2) is 9.97 Å². The van der Waals surface area contributed by atoms with Gasteiger partial charge < -0.3 is 14.9 Å². The third kappa shape index (κ3) is 6.29. The minimum atomic E-state index is -0.220. The van der Waals surface area contributed by atoms with Crippen LogP contribution >= 0.6 is 0 Å². The topological polar surface area (TPSA) is 77.7 Å². The second kappa shape index (κ2) is 11.9. The number of aromatic amines is 2. The number of likely N-dealkylation sites (N-methyl/N-ethyl adjacent to an activating group) is 1. The van der Waals surface area contributed by atoms with Gasteiger partial charge in [-0.05, 0) is 84.0 Å². The molecule has 206 valence electrons. The smallest absolute Gasteiger partial charge is 0.234 e. The number of nitrogens with zero attached hydrogens (tertiary/aromatic N) is 3. The molecule has 5 heterocycles. The Hall–Kier alpha value is -5.49. The summed E-state index contributed by atoms with van der Waals surface area (Å²) in [7, 11) is 3.59. The average molecular weight is 550 g/mol. The Morgan fingerprint density at radius 2 is 0.929 bits per heavy atom. The third-order valence-corrected chi connectivity index (χ3v) is 7.00. The van der Waals surface area contributed by atoms with Crippen LogP contribution in [0.1, 0.15) is 39.8 Å². The lowest BCUT2D eigenvalue weighted by Crippen LogP contribution is -2.28. The minimum Gasteiger partial charge on any atom is -0.355 e. The molecular formula is C36H31N5O. The number of aromatic nitrogens is 4. The number of H-pyrrole nitrogens is 2. The van der Waals surface area contributed by atoms with Crippen molar-refractivity contribution >= 4 is 52.3 Å². The van der Waals surface area contributed by atoms with Crippen molar-refractivity contribution in [2.75, 3.05) is 14.1 Å². The van der Waals surface area contributed by atoms with E-state index in [0.29, 0.717) is 0 Å². The summed E-state index contributed by atoms with van der Waals surface area (Å²) < 4.78 is 0. The van der Waals surface area contributed by atoms with E-state index >= 15 is 0 Å². The first kappa shape index (κ1) is 26.7. The second-order valence-electron chi connectivity index (χ2n) is 10.4. The fraction of sp³-hybridized carbons (Fsp3) is 0.0833. The van der Waals surface area contributed by atoms with Crippen LogP contribution < -0.4 is 0 Å². The van der Waals surface area contributed by atoms with Gasteiger partial charge in [-0.1, -0.05) is 60.7 Å². The van der Waals surface area contributed by atoms with E-state index in [1.807, 2.05) is 103 Å². The van der Waals surface area contributed by atoms with Gasteiger partial charge in [0.2, 0.25) is 5.91 Å². The van der Waals surface area contributed by atoms with Gasteiger partial charge in [-0.3, -0.25) is 4.79 Å². The van der Waals surface area contributed by atoms with Crippen LogP contribution in [0.5, 0.6) is 0 Å². The predicted octanol–water partition coefficient (Wildman–Crippen LogP) is 7.56. The van der Waals surface area contributed by atoms with E-state index in [0.717, 1.165) is 56.0 Å². The Labute approximate surface area is 244 Å². The summed E-state index contributed by atoms with van der Waals surface area (Å²) >= 11 is 0. The molecule has 3 aromatic heterocycles. The largest absolute Gasteiger partial charge is 0.355 e. The number of hydrogen-bond donors (Lipinski definition) is 2. The van der Waals surface area contributed by atoms with E-state index in [4.69, 9.17) is 0 Å². The van der Waals surface area contributed by atoms with Crippen molar-refractivity contribution in [1.82, 2.24) is 24.8 Å². The number of fused-ring (bicyclic) bond motifs is 8. The van der Waals surface area contributed by atoms with Gasteiger partial charge in [-0.15, -0.1) is 0 Å². The lowest BCUT2D eigenvalue weighted by molar-refractivity contribution is -0.129. The fourth-order valence-corrected chi connectivity index (χ4v) is 4.97.